The van der Waals surface area contributed by atoms with E-state index in [2.05, 4.69) is 21.2 Å². The Labute approximate surface area is 199 Å². The van der Waals surface area contributed by atoms with Crippen LogP contribution < -0.4 is 5.32 Å². The van der Waals surface area contributed by atoms with Crippen LogP contribution in [-0.4, -0.2) is 23.3 Å². The lowest BCUT2D eigenvalue weighted by atomic mass is 9.87. The zero-order chi connectivity index (χ0) is 24.0. The van der Waals surface area contributed by atoms with Gasteiger partial charge >= 0.3 is 5.97 Å². The van der Waals surface area contributed by atoms with Crippen LogP contribution in [0.15, 0.2) is 30.3 Å². The molecule has 2 unspecified atom stereocenters. The Bertz CT molecular complexity index is 974. The van der Waals surface area contributed by atoms with E-state index in [9.17, 15) is 9.59 Å². The van der Waals surface area contributed by atoms with E-state index in [4.69, 9.17) is 4.74 Å². The highest BCUT2D eigenvalue weighted by Gasteiger charge is 2.29. The average Bonchev–Trinajstić information content (AvgIpc) is 2.71. The van der Waals surface area contributed by atoms with E-state index in [1.807, 2.05) is 58.0 Å². The molecular weight excluding hydrogens is 473 g/mol. The molecule has 0 saturated heterocycles. The molecule has 32 heavy (non-hydrogen) atoms. The summed E-state index contributed by atoms with van der Waals surface area (Å²) in [4.78, 5) is 24.8. The molecule has 4 nitrogen and oxygen atoms in total. The number of alkyl halides is 1. The molecule has 0 radical (unpaired) electrons. The van der Waals surface area contributed by atoms with E-state index >= 15 is 4.39 Å². The smallest absolute Gasteiger partial charge is 0.308 e. The van der Waals surface area contributed by atoms with E-state index in [0.29, 0.717) is 29.0 Å². The molecule has 1 amide bonds. The topological polar surface area (TPSA) is 55.4 Å². The largest absolute Gasteiger partial charge is 0.466 e. The minimum absolute atomic E-state index is 0.143. The molecule has 0 bridgehead atoms. The van der Waals surface area contributed by atoms with Crippen molar-refractivity contribution < 1.29 is 18.7 Å². The number of aryl methyl sites for hydroxylation is 2. The fraction of sp³-hybridized carbons (Fsp3) is 0.462. The van der Waals surface area contributed by atoms with Crippen LogP contribution in [0, 0.1) is 32.5 Å². The van der Waals surface area contributed by atoms with Gasteiger partial charge in [0, 0.05) is 5.56 Å². The van der Waals surface area contributed by atoms with Gasteiger partial charge in [0.1, 0.15) is 5.82 Å². The third-order valence-corrected chi connectivity index (χ3v) is 6.28. The maximum Gasteiger partial charge on any atom is 0.308 e. The van der Waals surface area contributed by atoms with Gasteiger partial charge in [0.25, 0.3) is 0 Å². The van der Waals surface area contributed by atoms with Crippen molar-refractivity contribution in [2.24, 2.45) is 5.92 Å². The Kier molecular flexibility index (Phi) is 9.44. The molecule has 0 aliphatic heterocycles. The average molecular weight is 506 g/mol. The highest BCUT2D eigenvalue weighted by atomic mass is 79.9. The second-order valence-electron chi connectivity index (χ2n) is 8.58. The van der Waals surface area contributed by atoms with Crippen LogP contribution in [0.4, 0.5) is 4.39 Å². The van der Waals surface area contributed by atoms with Gasteiger partial charge in [0.15, 0.2) is 0 Å². The third kappa shape index (κ3) is 6.41. The first-order valence-electron chi connectivity index (χ1n) is 11.0. The molecule has 0 spiro atoms. The zero-order valence-electron chi connectivity index (χ0n) is 19.7. The van der Waals surface area contributed by atoms with E-state index in [1.165, 1.54) is 0 Å². The molecule has 1 N–H and O–H groups in total. The monoisotopic (exact) mass is 505 g/mol. The zero-order valence-corrected chi connectivity index (χ0v) is 21.3. The minimum Gasteiger partial charge on any atom is -0.466 e. The van der Waals surface area contributed by atoms with Crippen LogP contribution in [0.25, 0.3) is 11.1 Å². The van der Waals surface area contributed by atoms with E-state index in [0.717, 1.165) is 16.7 Å². The van der Waals surface area contributed by atoms with Crippen molar-refractivity contribution in [2.75, 3.05) is 6.61 Å². The normalized spacial score (nSPS) is 13.0. The van der Waals surface area contributed by atoms with E-state index < -0.39 is 22.7 Å². The first kappa shape index (κ1) is 26.0. The first-order chi connectivity index (χ1) is 15.1. The molecule has 2 atom stereocenters. The summed E-state index contributed by atoms with van der Waals surface area (Å²) in [6, 6.07) is 8.89. The molecule has 2 aromatic rings. The Morgan fingerprint density at radius 1 is 1.09 bits per heavy atom. The summed E-state index contributed by atoms with van der Waals surface area (Å²) in [5.41, 5.74) is 4.44. The highest BCUT2D eigenvalue weighted by molar-refractivity contribution is 9.10. The van der Waals surface area contributed by atoms with Gasteiger partial charge in [0.05, 0.1) is 23.9 Å². The molecule has 0 aromatic heterocycles. The summed E-state index contributed by atoms with van der Waals surface area (Å²) in [5.74, 6) is -0.862. The maximum absolute atomic E-state index is 15.5. The van der Waals surface area contributed by atoms with Crippen molar-refractivity contribution in [2.45, 2.75) is 65.3 Å². The number of amides is 1. The van der Waals surface area contributed by atoms with Crippen LogP contribution in [0.2, 0.25) is 0 Å². The number of carbonyl (C=O) groups excluding carboxylic acids is 2. The minimum atomic E-state index is -0.837. The lowest BCUT2D eigenvalue weighted by Gasteiger charge is -2.25. The molecule has 0 aliphatic carbocycles. The third-order valence-electron chi connectivity index (χ3n) is 5.49. The summed E-state index contributed by atoms with van der Waals surface area (Å²) in [7, 11) is 0. The Hall–Kier alpha value is -2.21. The Balaban J connectivity index is 2.57. The SMILES string of the molecule is CCOC(=O)CC(NC(=O)C(Br)CC(C)C)c1c(C)c(-c2ccccc2C)cc(C)c1F. The van der Waals surface area contributed by atoms with Crippen molar-refractivity contribution in [3.05, 3.63) is 58.4 Å². The number of benzene rings is 2. The number of halogens is 2. The fourth-order valence-corrected chi connectivity index (χ4v) is 4.75. The number of ether oxygens (including phenoxy) is 1. The summed E-state index contributed by atoms with van der Waals surface area (Å²) in [5, 5.41) is 2.90. The van der Waals surface area contributed by atoms with Gasteiger partial charge in [0.2, 0.25) is 5.91 Å². The predicted octanol–water partition coefficient (Wildman–Crippen LogP) is 6.34. The predicted molar refractivity (Wildman–Crippen MR) is 130 cm³/mol. The van der Waals surface area contributed by atoms with Crippen LogP contribution >= 0.6 is 15.9 Å². The van der Waals surface area contributed by atoms with Gasteiger partial charge in [-0.3, -0.25) is 9.59 Å². The summed E-state index contributed by atoms with van der Waals surface area (Å²) < 4.78 is 20.6. The molecule has 2 aromatic carbocycles. The van der Waals surface area contributed by atoms with Gasteiger partial charge in [-0.2, -0.15) is 0 Å². The van der Waals surface area contributed by atoms with Gasteiger partial charge in [-0.15, -0.1) is 0 Å². The van der Waals surface area contributed by atoms with Gasteiger partial charge in [-0.05, 0) is 73.9 Å². The van der Waals surface area contributed by atoms with Crippen LogP contribution in [0.1, 0.15) is 61.9 Å². The lowest BCUT2D eigenvalue weighted by molar-refractivity contribution is -0.143. The van der Waals surface area contributed by atoms with Crippen molar-refractivity contribution in [3.8, 4) is 11.1 Å². The van der Waals surface area contributed by atoms with Gasteiger partial charge in [-0.1, -0.05) is 54.0 Å². The molecule has 2 rings (SSSR count). The molecular formula is C26H33BrFNO3. The molecule has 0 heterocycles. The van der Waals surface area contributed by atoms with E-state index in [1.54, 1.807) is 13.8 Å². The summed E-state index contributed by atoms with van der Waals surface area (Å²) in [6.45, 7) is 11.5. The van der Waals surface area contributed by atoms with Crippen LogP contribution in [0.5, 0.6) is 0 Å². The second-order valence-corrected chi connectivity index (χ2v) is 9.68. The number of hydrogen-bond acceptors (Lipinski definition) is 3. The van der Waals surface area contributed by atoms with Crippen LogP contribution in [0.3, 0.4) is 0 Å². The summed E-state index contributed by atoms with van der Waals surface area (Å²) >= 11 is 3.43. The van der Waals surface area contributed by atoms with Crippen molar-refractivity contribution in [1.29, 1.82) is 0 Å². The van der Waals surface area contributed by atoms with Crippen molar-refractivity contribution in [1.82, 2.24) is 5.32 Å². The number of hydrogen-bond donors (Lipinski definition) is 1. The van der Waals surface area contributed by atoms with Crippen LogP contribution in [-0.2, 0) is 14.3 Å². The molecule has 0 aliphatic rings. The number of carbonyl (C=O) groups is 2. The molecule has 6 heteroatoms. The summed E-state index contributed by atoms with van der Waals surface area (Å²) in [6.07, 6.45) is 0.483. The number of rotatable bonds is 9. The molecule has 174 valence electrons. The van der Waals surface area contributed by atoms with Gasteiger partial charge < -0.3 is 10.1 Å². The van der Waals surface area contributed by atoms with Crippen molar-refractivity contribution in [3.63, 3.8) is 0 Å². The molecule has 0 saturated carbocycles. The highest BCUT2D eigenvalue weighted by Crippen LogP contribution is 2.36. The maximum atomic E-state index is 15.5. The quantitative estimate of drug-likeness (QED) is 0.319. The number of esters is 1. The molecule has 0 fully saturated rings. The first-order valence-corrected chi connectivity index (χ1v) is 11.9. The lowest BCUT2D eigenvalue weighted by Crippen LogP contribution is -2.37. The number of nitrogens with one attached hydrogen (secondary N) is 1. The van der Waals surface area contributed by atoms with Gasteiger partial charge in [-0.25, -0.2) is 4.39 Å². The van der Waals surface area contributed by atoms with E-state index in [-0.39, 0.29) is 18.9 Å². The standard InChI is InChI=1S/C26H33BrFNO3/c1-7-32-23(30)14-22(29-26(31)21(27)12-15(2)3)24-18(6)20(13-17(5)25(24)28)19-11-9-8-10-16(19)4/h8-11,13,15,21-22H,7,12,14H2,1-6H3,(H,29,31). The van der Waals surface area contributed by atoms with Crippen molar-refractivity contribution >= 4 is 27.8 Å². The second kappa shape index (κ2) is 11.6. The Morgan fingerprint density at radius 2 is 1.75 bits per heavy atom. The fourth-order valence-electron chi connectivity index (χ4n) is 3.87. The Morgan fingerprint density at radius 3 is 2.34 bits per heavy atom.